The second-order valence-electron chi connectivity index (χ2n) is 6.78. The van der Waals surface area contributed by atoms with Crippen LogP contribution in [0.5, 0.6) is 0 Å². The number of carbonyl (C=O) groups excluding carboxylic acids is 1. The lowest BCUT2D eigenvalue weighted by molar-refractivity contribution is 0.102. The van der Waals surface area contributed by atoms with Gasteiger partial charge in [-0.2, -0.15) is 4.52 Å². The Kier molecular flexibility index (Phi) is 4.12. The van der Waals surface area contributed by atoms with E-state index in [4.69, 9.17) is 0 Å². The molecule has 0 saturated carbocycles. The molecule has 4 aromatic rings. The highest BCUT2D eigenvalue weighted by Gasteiger charge is 2.12. The van der Waals surface area contributed by atoms with E-state index in [0.717, 1.165) is 29.6 Å². The van der Waals surface area contributed by atoms with Gasteiger partial charge < -0.3 is 9.88 Å². The Morgan fingerprint density at radius 2 is 2.08 bits per heavy atom. The molecule has 1 amide bonds. The van der Waals surface area contributed by atoms with Crippen LogP contribution in [-0.4, -0.2) is 30.5 Å². The number of anilines is 1. The van der Waals surface area contributed by atoms with E-state index in [0.29, 0.717) is 17.1 Å². The molecule has 3 aromatic heterocycles. The number of hydrogen-bond acceptors (Lipinski definition) is 4. The van der Waals surface area contributed by atoms with Crippen LogP contribution in [0, 0.1) is 5.92 Å². The zero-order valence-corrected chi connectivity index (χ0v) is 14.8. The number of pyridine rings is 1. The summed E-state index contributed by atoms with van der Waals surface area (Å²) in [5.74, 6) is 0.460. The van der Waals surface area contributed by atoms with Crippen LogP contribution in [0.25, 0.3) is 16.6 Å². The summed E-state index contributed by atoms with van der Waals surface area (Å²) in [4.78, 5) is 12.6. The van der Waals surface area contributed by atoms with Gasteiger partial charge in [-0.05, 0) is 53.1 Å². The van der Waals surface area contributed by atoms with E-state index >= 15 is 0 Å². The summed E-state index contributed by atoms with van der Waals surface area (Å²) >= 11 is 0. The number of aryl methyl sites for hydroxylation is 1. The SMILES string of the molecule is CC(C)CCn1ccc2c(NC(=O)c3ccc4nnnn4c3)cccc21. The molecule has 0 fully saturated rings. The zero-order valence-electron chi connectivity index (χ0n) is 14.8. The Bertz CT molecular complexity index is 1080. The molecule has 3 heterocycles. The summed E-state index contributed by atoms with van der Waals surface area (Å²) in [6.07, 6.45) is 4.82. The van der Waals surface area contributed by atoms with Gasteiger partial charge in [-0.15, -0.1) is 5.10 Å². The van der Waals surface area contributed by atoms with Gasteiger partial charge in [0.15, 0.2) is 5.65 Å². The van der Waals surface area contributed by atoms with Gasteiger partial charge in [0, 0.05) is 24.3 Å². The first-order valence-electron chi connectivity index (χ1n) is 8.69. The van der Waals surface area contributed by atoms with Gasteiger partial charge in [-0.25, -0.2) is 0 Å². The molecule has 0 bridgehead atoms. The monoisotopic (exact) mass is 348 g/mol. The van der Waals surface area contributed by atoms with Crippen molar-refractivity contribution in [3.05, 3.63) is 54.4 Å². The Morgan fingerprint density at radius 1 is 1.19 bits per heavy atom. The molecule has 0 unspecified atom stereocenters. The Balaban J connectivity index is 1.61. The molecule has 132 valence electrons. The minimum atomic E-state index is -0.190. The van der Waals surface area contributed by atoms with Crippen LogP contribution in [0.3, 0.4) is 0 Å². The highest BCUT2D eigenvalue weighted by Crippen LogP contribution is 2.25. The highest BCUT2D eigenvalue weighted by atomic mass is 16.1. The van der Waals surface area contributed by atoms with E-state index in [2.05, 4.69) is 57.6 Å². The van der Waals surface area contributed by atoms with Gasteiger partial charge in [0.1, 0.15) is 0 Å². The van der Waals surface area contributed by atoms with Crippen molar-refractivity contribution in [3.63, 3.8) is 0 Å². The number of fused-ring (bicyclic) bond motifs is 2. The molecule has 0 saturated heterocycles. The van der Waals surface area contributed by atoms with Crippen LogP contribution in [-0.2, 0) is 6.54 Å². The van der Waals surface area contributed by atoms with Gasteiger partial charge in [-0.3, -0.25) is 4.79 Å². The predicted octanol–water partition coefficient (Wildman–Crippen LogP) is 3.38. The van der Waals surface area contributed by atoms with E-state index in [-0.39, 0.29) is 5.91 Å². The normalized spacial score (nSPS) is 11.5. The van der Waals surface area contributed by atoms with Gasteiger partial charge in [0.2, 0.25) is 0 Å². The standard InChI is InChI=1S/C19H20N6O/c1-13(2)8-10-24-11-9-15-16(4-3-5-17(15)24)20-19(26)14-6-7-18-21-22-23-25(18)12-14/h3-7,9,11-13H,8,10H2,1-2H3,(H,20,26). The summed E-state index contributed by atoms with van der Waals surface area (Å²) in [6.45, 7) is 5.41. The molecule has 0 aliphatic heterocycles. The first-order chi connectivity index (χ1) is 12.6. The van der Waals surface area contributed by atoms with Crippen LogP contribution in [0.2, 0.25) is 0 Å². The zero-order chi connectivity index (χ0) is 18.1. The molecule has 1 aromatic carbocycles. The van der Waals surface area contributed by atoms with E-state index < -0.39 is 0 Å². The summed E-state index contributed by atoms with van der Waals surface area (Å²) in [6, 6.07) is 11.5. The fraction of sp³-hybridized carbons (Fsp3) is 0.263. The third kappa shape index (κ3) is 3.03. The number of hydrogen-bond donors (Lipinski definition) is 1. The molecule has 0 spiro atoms. The van der Waals surface area contributed by atoms with E-state index in [9.17, 15) is 4.79 Å². The maximum Gasteiger partial charge on any atom is 0.257 e. The molecule has 0 radical (unpaired) electrons. The van der Waals surface area contributed by atoms with Crippen LogP contribution in [0.4, 0.5) is 5.69 Å². The number of benzene rings is 1. The van der Waals surface area contributed by atoms with Gasteiger partial charge in [0.25, 0.3) is 5.91 Å². The fourth-order valence-corrected chi connectivity index (χ4v) is 2.99. The van der Waals surface area contributed by atoms with Crippen molar-refractivity contribution < 1.29 is 4.79 Å². The van der Waals surface area contributed by atoms with Crippen molar-refractivity contribution in [3.8, 4) is 0 Å². The van der Waals surface area contributed by atoms with Crippen LogP contribution in [0.1, 0.15) is 30.6 Å². The van der Waals surface area contributed by atoms with Crippen molar-refractivity contribution in [2.24, 2.45) is 5.92 Å². The predicted molar refractivity (Wildman–Crippen MR) is 100 cm³/mol. The second-order valence-corrected chi connectivity index (χ2v) is 6.78. The topological polar surface area (TPSA) is 77.1 Å². The quantitative estimate of drug-likeness (QED) is 0.600. The summed E-state index contributed by atoms with van der Waals surface area (Å²) in [7, 11) is 0. The Labute approximate surface area is 150 Å². The first-order valence-corrected chi connectivity index (χ1v) is 8.69. The second kappa shape index (κ2) is 6.59. The maximum atomic E-state index is 12.6. The molecule has 0 aliphatic carbocycles. The van der Waals surface area contributed by atoms with Gasteiger partial charge in [-0.1, -0.05) is 19.9 Å². The molecule has 0 aliphatic rings. The van der Waals surface area contributed by atoms with Gasteiger partial charge in [0.05, 0.1) is 16.8 Å². The van der Waals surface area contributed by atoms with Gasteiger partial charge >= 0.3 is 0 Å². The number of aromatic nitrogens is 5. The average Bonchev–Trinajstić information content (AvgIpc) is 3.26. The molecule has 4 rings (SSSR count). The van der Waals surface area contributed by atoms with E-state index in [1.807, 2.05) is 12.1 Å². The minimum absolute atomic E-state index is 0.190. The number of nitrogens with one attached hydrogen (secondary N) is 1. The average molecular weight is 348 g/mol. The lowest BCUT2D eigenvalue weighted by Gasteiger charge is -2.10. The Morgan fingerprint density at radius 3 is 2.92 bits per heavy atom. The molecule has 0 atom stereocenters. The van der Waals surface area contributed by atoms with Crippen LogP contribution >= 0.6 is 0 Å². The molecule has 26 heavy (non-hydrogen) atoms. The van der Waals surface area contributed by atoms with E-state index in [1.165, 1.54) is 4.52 Å². The summed E-state index contributed by atoms with van der Waals surface area (Å²) < 4.78 is 3.72. The van der Waals surface area contributed by atoms with Crippen molar-refractivity contribution >= 4 is 28.1 Å². The van der Waals surface area contributed by atoms with Crippen molar-refractivity contribution in [2.75, 3.05) is 5.32 Å². The number of rotatable bonds is 5. The molecular weight excluding hydrogens is 328 g/mol. The third-order valence-corrected chi connectivity index (χ3v) is 4.46. The van der Waals surface area contributed by atoms with Crippen molar-refractivity contribution in [2.45, 2.75) is 26.8 Å². The third-order valence-electron chi connectivity index (χ3n) is 4.46. The first kappa shape index (κ1) is 16.3. The summed E-state index contributed by atoms with van der Waals surface area (Å²) in [5, 5.41) is 15.3. The maximum absolute atomic E-state index is 12.6. The largest absolute Gasteiger partial charge is 0.347 e. The molecular formula is C19H20N6O. The summed E-state index contributed by atoms with van der Waals surface area (Å²) in [5.41, 5.74) is 3.03. The lowest BCUT2D eigenvalue weighted by Crippen LogP contribution is -2.13. The Hall–Kier alpha value is -3.22. The number of carbonyl (C=O) groups is 1. The minimum Gasteiger partial charge on any atom is -0.347 e. The fourth-order valence-electron chi connectivity index (χ4n) is 2.99. The van der Waals surface area contributed by atoms with Crippen molar-refractivity contribution in [1.29, 1.82) is 0 Å². The molecule has 7 nitrogen and oxygen atoms in total. The number of tetrazole rings is 1. The lowest BCUT2D eigenvalue weighted by atomic mass is 10.1. The van der Waals surface area contributed by atoms with E-state index in [1.54, 1.807) is 18.3 Å². The van der Waals surface area contributed by atoms with Crippen molar-refractivity contribution in [1.82, 2.24) is 24.6 Å². The number of nitrogens with zero attached hydrogens (tertiary/aromatic N) is 5. The molecule has 1 N–H and O–H groups in total. The van der Waals surface area contributed by atoms with Crippen LogP contribution in [0.15, 0.2) is 48.8 Å². The molecule has 7 heteroatoms. The smallest absolute Gasteiger partial charge is 0.257 e. The number of amides is 1. The highest BCUT2D eigenvalue weighted by molar-refractivity contribution is 6.08. The van der Waals surface area contributed by atoms with Crippen LogP contribution < -0.4 is 5.32 Å².